The maximum atomic E-state index is 12.5. The van der Waals surface area contributed by atoms with Gasteiger partial charge in [-0.3, -0.25) is 4.79 Å². The van der Waals surface area contributed by atoms with E-state index >= 15 is 0 Å². The number of rotatable bonds is 3. The summed E-state index contributed by atoms with van der Waals surface area (Å²) in [4.78, 5) is 21.0. The molecule has 0 N–H and O–H groups in total. The first-order valence-corrected chi connectivity index (χ1v) is 8.90. The van der Waals surface area contributed by atoms with Crippen LogP contribution in [0.25, 0.3) is 11.4 Å². The molecule has 3 aromatic rings. The van der Waals surface area contributed by atoms with Crippen LogP contribution >= 0.6 is 11.3 Å². The lowest BCUT2D eigenvalue weighted by molar-refractivity contribution is 0.0525. The van der Waals surface area contributed by atoms with Gasteiger partial charge in [0.1, 0.15) is 5.82 Å². The quantitative estimate of drug-likeness (QED) is 0.726. The predicted octanol–water partition coefficient (Wildman–Crippen LogP) is 3.93. The normalized spacial score (nSPS) is 14.7. The topological polar surface area (TPSA) is 38.1 Å². The van der Waals surface area contributed by atoms with Crippen molar-refractivity contribution in [3.63, 3.8) is 0 Å². The molecule has 4 rings (SSSR count). The molecule has 0 spiro atoms. The van der Waals surface area contributed by atoms with Crippen molar-refractivity contribution in [3.05, 3.63) is 64.1 Å². The van der Waals surface area contributed by atoms with E-state index in [0.29, 0.717) is 6.04 Å². The van der Waals surface area contributed by atoms with Crippen LogP contribution < -0.4 is 0 Å². The standard InChI is InChI=1S/C19H19N3OS/c1-13-10-20-18(15-6-4-3-5-7-15)22(13)16-11-21(12-16)19(23)17-9-8-14(2)24-17/h3-10,16H,11-12H2,1-2H3. The number of thiophene rings is 1. The van der Waals surface area contributed by atoms with Gasteiger partial charge in [0, 0.05) is 35.4 Å². The fourth-order valence-electron chi connectivity index (χ4n) is 3.20. The van der Waals surface area contributed by atoms with Crippen molar-refractivity contribution in [2.45, 2.75) is 19.9 Å². The first kappa shape index (κ1) is 15.1. The summed E-state index contributed by atoms with van der Waals surface area (Å²) in [6.45, 7) is 5.59. The Labute approximate surface area is 145 Å². The van der Waals surface area contributed by atoms with E-state index in [9.17, 15) is 4.79 Å². The van der Waals surface area contributed by atoms with Gasteiger partial charge in [0.05, 0.1) is 10.9 Å². The highest BCUT2D eigenvalue weighted by molar-refractivity contribution is 7.13. The largest absolute Gasteiger partial charge is 0.334 e. The second-order valence-corrected chi connectivity index (χ2v) is 7.52. The Morgan fingerprint density at radius 3 is 2.54 bits per heavy atom. The molecule has 24 heavy (non-hydrogen) atoms. The molecule has 3 heterocycles. The third-order valence-corrected chi connectivity index (χ3v) is 5.47. The van der Waals surface area contributed by atoms with Crippen molar-refractivity contribution in [1.82, 2.24) is 14.5 Å². The van der Waals surface area contributed by atoms with Crippen LogP contribution in [0.2, 0.25) is 0 Å². The van der Waals surface area contributed by atoms with Crippen molar-refractivity contribution in [2.75, 3.05) is 13.1 Å². The number of aromatic nitrogens is 2. The number of amides is 1. The SMILES string of the molecule is Cc1ccc(C(=O)N2CC(n3c(C)cnc3-c3ccccc3)C2)s1. The number of imidazole rings is 1. The first-order valence-electron chi connectivity index (χ1n) is 8.08. The van der Waals surface area contributed by atoms with E-state index in [2.05, 4.69) is 28.6 Å². The lowest BCUT2D eigenvalue weighted by Gasteiger charge is -2.41. The molecule has 0 aliphatic carbocycles. The highest BCUT2D eigenvalue weighted by atomic mass is 32.1. The molecule has 0 saturated carbocycles. The summed E-state index contributed by atoms with van der Waals surface area (Å²) in [7, 11) is 0. The van der Waals surface area contributed by atoms with Gasteiger partial charge in [-0.25, -0.2) is 4.98 Å². The molecule has 1 aliphatic rings. The van der Waals surface area contributed by atoms with E-state index in [0.717, 1.165) is 35.0 Å². The number of carbonyl (C=O) groups excluding carboxylic acids is 1. The molecule has 1 saturated heterocycles. The number of hydrogen-bond donors (Lipinski definition) is 0. The van der Waals surface area contributed by atoms with Crippen LogP contribution in [0.15, 0.2) is 48.7 Å². The van der Waals surface area contributed by atoms with E-state index in [1.165, 1.54) is 4.88 Å². The molecule has 122 valence electrons. The maximum Gasteiger partial charge on any atom is 0.264 e. The van der Waals surface area contributed by atoms with Crippen LogP contribution in [-0.2, 0) is 0 Å². The van der Waals surface area contributed by atoms with Crippen LogP contribution in [0.5, 0.6) is 0 Å². The third-order valence-electron chi connectivity index (χ3n) is 4.48. The average Bonchev–Trinajstić information content (AvgIpc) is 3.14. The molecule has 0 radical (unpaired) electrons. The summed E-state index contributed by atoms with van der Waals surface area (Å²) in [6, 6.07) is 14.4. The van der Waals surface area contributed by atoms with Crippen LogP contribution in [0.3, 0.4) is 0 Å². The van der Waals surface area contributed by atoms with Crippen molar-refractivity contribution in [2.24, 2.45) is 0 Å². The Bertz CT molecular complexity index is 875. The Morgan fingerprint density at radius 1 is 1.12 bits per heavy atom. The molecular weight excluding hydrogens is 318 g/mol. The van der Waals surface area contributed by atoms with Gasteiger partial charge in [0.2, 0.25) is 0 Å². The Hall–Kier alpha value is -2.40. The minimum Gasteiger partial charge on any atom is -0.334 e. The highest BCUT2D eigenvalue weighted by Crippen LogP contribution is 2.31. The number of benzene rings is 1. The first-order chi connectivity index (χ1) is 11.6. The van der Waals surface area contributed by atoms with Crippen LogP contribution in [0, 0.1) is 13.8 Å². The molecule has 1 aromatic carbocycles. The van der Waals surface area contributed by atoms with Crippen molar-refractivity contribution in [1.29, 1.82) is 0 Å². The monoisotopic (exact) mass is 337 g/mol. The molecule has 4 nitrogen and oxygen atoms in total. The van der Waals surface area contributed by atoms with Gasteiger partial charge in [0.15, 0.2) is 0 Å². The molecule has 2 aromatic heterocycles. The zero-order valence-corrected chi connectivity index (χ0v) is 14.6. The van der Waals surface area contributed by atoms with Crippen LogP contribution in [0.1, 0.15) is 26.3 Å². The second kappa shape index (κ2) is 5.91. The second-order valence-electron chi connectivity index (χ2n) is 6.23. The van der Waals surface area contributed by atoms with Gasteiger partial charge in [-0.05, 0) is 26.0 Å². The van der Waals surface area contributed by atoms with Gasteiger partial charge in [0.25, 0.3) is 5.91 Å². The van der Waals surface area contributed by atoms with Crippen molar-refractivity contribution in [3.8, 4) is 11.4 Å². The summed E-state index contributed by atoms with van der Waals surface area (Å²) in [5.74, 6) is 1.13. The third kappa shape index (κ3) is 2.55. The zero-order chi connectivity index (χ0) is 16.7. The lowest BCUT2D eigenvalue weighted by atomic mass is 10.1. The van der Waals surface area contributed by atoms with Gasteiger partial charge in [-0.2, -0.15) is 0 Å². The summed E-state index contributed by atoms with van der Waals surface area (Å²) >= 11 is 1.56. The van der Waals surface area contributed by atoms with Crippen LogP contribution in [0.4, 0.5) is 0 Å². The summed E-state index contributed by atoms with van der Waals surface area (Å²) in [5, 5.41) is 0. The molecule has 0 unspecified atom stereocenters. The minimum absolute atomic E-state index is 0.142. The molecule has 1 aliphatic heterocycles. The number of carbonyl (C=O) groups is 1. The number of hydrogen-bond acceptors (Lipinski definition) is 3. The van der Waals surface area contributed by atoms with Gasteiger partial charge in [-0.1, -0.05) is 30.3 Å². The Morgan fingerprint density at radius 2 is 1.88 bits per heavy atom. The van der Waals surface area contributed by atoms with Gasteiger partial charge >= 0.3 is 0 Å². The molecule has 1 amide bonds. The van der Waals surface area contributed by atoms with Crippen LogP contribution in [-0.4, -0.2) is 33.4 Å². The van der Waals surface area contributed by atoms with Crippen molar-refractivity contribution < 1.29 is 4.79 Å². The maximum absolute atomic E-state index is 12.5. The molecule has 0 bridgehead atoms. The molecular formula is C19H19N3OS. The van der Waals surface area contributed by atoms with E-state index < -0.39 is 0 Å². The van der Waals surface area contributed by atoms with Gasteiger partial charge < -0.3 is 9.47 Å². The fourth-order valence-corrected chi connectivity index (χ4v) is 4.03. The lowest BCUT2D eigenvalue weighted by Crippen LogP contribution is -2.50. The highest BCUT2D eigenvalue weighted by Gasteiger charge is 2.34. The average molecular weight is 337 g/mol. The molecule has 5 heteroatoms. The van der Waals surface area contributed by atoms with E-state index in [1.807, 2.05) is 48.4 Å². The zero-order valence-electron chi connectivity index (χ0n) is 13.8. The van der Waals surface area contributed by atoms with E-state index in [-0.39, 0.29) is 5.91 Å². The van der Waals surface area contributed by atoms with Crippen molar-refractivity contribution >= 4 is 17.2 Å². The summed E-state index contributed by atoms with van der Waals surface area (Å²) in [6.07, 6.45) is 1.91. The van der Waals surface area contributed by atoms with E-state index in [1.54, 1.807) is 11.3 Å². The van der Waals surface area contributed by atoms with Gasteiger partial charge in [-0.15, -0.1) is 11.3 Å². The Balaban J connectivity index is 1.53. The Kier molecular flexibility index (Phi) is 3.73. The smallest absolute Gasteiger partial charge is 0.264 e. The summed E-state index contributed by atoms with van der Waals surface area (Å²) in [5.41, 5.74) is 2.25. The number of aryl methyl sites for hydroxylation is 2. The molecule has 0 atom stereocenters. The number of likely N-dealkylation sites (tertiary alicyclic amines) is 1. The fraction of sp³-hybridized carbons (Fsp3) is 0.263. The molecule has 1 fully saturated rings. The summed E-state index contributed by atoms with van der Waals surface area (Å²) < 4.78 is 2.26. The number of nitrogens with zero attached hydrogens (tertiary/aromatic N) is 3. The predicted molar refractivity (Wildman–Crippen MR) is 96.4 cm³/mol. The van der Waals surface area contributed by atoms with E-state index in [4.69, 9.17) is 0 Å². The minimum atomic E-state index is 0.142.